The van der Waals surface area contributed by atoms with Crippen LogP contribution in [0.15, 0.2) is 47.3 Å². The Hall–Kier alpha value is -2.86. The molecule has 0 fully saturated rings. The largest absolute Gasteiger partial charge is 0.462 e. The van der Waals surface area contributed by atoms with Crippen molar-refractivity contribution < 1.29 is 13.9 Å². The van der Waals surface area contributed by atoms with Gasteiger partial charge in [0.25, 0.3) is 5.56 Å². The second kappa shape index (κ2) is 7.58. The number of ether oxygens (including phenoxy) is 1. The lowest BCUT2D eigenvalue weighted by Crippen LogP contribution is -2.23. The standard InChI is InChI=1S/C19H16ClFN2O3/c1-2-26-19(25)16-17(22-10-11-3-5-12(20)6-4-11)14-9-13(21)7-8-15(14)23-18(16)24/h3-9H,2,10H2,1H3,(H2,22,23,24). The molecule has 2 aromatic carbocycles. The first kappa shape index (κ1) is 17.9. The van der Waals surface area contributed by atoms with Crippen molar-refractivity contribution in [2.45, 2.75) is 13.5 Å². The van der Waals surface area contributed by atoms with E-state index in [0.717, 1.165) is 5.56 Å². The molecule has 3 aromatic rings. The van der Waals surface area contributed by atoms with Gasteiger partial charge in [0.05, 0.1) is 17.8 Å². The van der Waals surface area contributed by atoms with Crippen molar-refractivity contribution in [3.8, 4) is 0 Å². The number of H-pyrrole nitrogens is 1. The van der Waals surface area contributed by atoms with Crippen LogP contribution < -0.4 is 10.9 Å². The maximum absolute atomic E-state index is 13.8. The van der Waals surface area contributed by atoms with Gasteiger partial charge in [0.2, 0.25) is 0 Å². The average molecular weight is 375 g/mol. The molecule has 1 heterocycles. The first-order valence-corrected chi connectivity index (χ1v) is 8.38. The molecule has 0 amide bonds. The van der Waals surface area contributed by atoms with Crippen molar-refractivity contribution in [2.75, 3.05) is 11.9 Å². The summed E-state index contributed by atoms with van der Waals surface area (Å²) in [5.41, 5.74) is 0.758. The molecule has 0 spiro atoms. The third-order valence-electron chi connectivity index (χ3n) is 3.84. The van der Waals surface area contributed by atoms with Crippen molar-refractivity contribution >= 4 is 34.2 Å². The van der Waals surface area contributed by atoms with Gasteiger partial charge in [-0.05, 0) is 42.8 Å². The second-order valence-corrected chi connectivity index (χ2v) is 6.03. The number of carbonyl (C=O) groups is 1. The molecule has 5 nitrogen and oxygen atoms in total. The lowest BCUT2D eigenvalue weighted by atomic mass is 10.1. The van der Waals surface area contributed by atoms with Gasteiger partial charge in [-0.3, -0.25) is 4.79 Å². The minimum absolute atomic E-state index is 0.121. The molecule has 3 rings (SSSR count). The molecule has 7 heteroatoms. The van der Waals surface area contributed by atoms with Crippen LogP contribution in [0.5, 0.6) is 0 Å². The molecule has 0 saturated carbocycles. The van der Waals surface area contributed by atoms with Gasteiger partial charge in [-0.1, -0.05) is 23.7 Å². The fourth-order valence-electron chi connectivity index (χ4n) is 2.64. The summed E-state index contributed by atoms with van der Waals surface area (Å²) in [5, 5.41) is 4.06. The zero-order valence-electron chi connectivity index (χ0n) is 13.9. The van der Waals surface area contributed by atoms with E-state index in [9.17, 15) is 14.0 Å². The molecule has 0 aliphatic heterocycles. The number of hydrogen-bond donors (Lipinski definition) is 2. The van der Waals surface area contributed by atoms with Gasteiger partial charge in [-0.15, -0.1) is 0 Å². The molecule has 0 bridgehead atoms. The highest BCUT2D eigenvalue weighted by atomic mass is 35.5. The summed E-state index contributed by atoms with van der Waals surface area (Å²) in [5.74, 6) is -1.24. The summed E-state index contributed by atoms with van der Waals surface area (Å²) >= 11 is 5.88. The Morgan fingerprint density at radius 3 is 2.65 bits per heavy atom. The highest BCUT2D eigenvalue weighted by Crippen LogP contribution is 2.26. The Morgan fingerprint density at radius 2 is 1.96 bits per heavy atom. The number of fused-ring (bicyclic) bond motifs is 1. The highest BCUT2D eigenvalue weighted by Gasteiger charge is 2.21. The van der Waals surface area contributed by atoms with Crippen molar-refractivity contribution in [3.05, 3.63) is 74.8 Å². The number of nitrogens with one attached hydrogen (secondary N) is 2. The molecule has 0 aliphatic carbocycles. The van der Waals surface area contributed by atoms with E-state index in [2.05, 4.69) is 10.3 Å². The van der Waals surface area contributed by atoms with Crippen LogP contribution in [0.1, 0.15) is 22.8 Å². The minimum Gasteiger partial charge on any atom is -0.462 e. The van der Waals surface area contributed by atoms with E-state index in [4.69, 9.17) is 16.3 Å². The number of rotatable bonds is 5. The number of halogens is 2. The second-order valence-electron chi connectivity index (χ2n) is 5.59. The minimum atomic E-state index is -0.765. The summed E-state index contributed by atoms with van der Waals surface area (Å²) in [6.45, 7) is 2.09. The molecule has 2 N–H and O–H groups in total. The molecular formula is C19H16ClFN2O3. The number of benzene rings is 2. The van der Waals surface area contributed by atoms with E-state index >= 15 is 0 Å². The Morgan fingerprint density at radius 1 is 1.23 bits per heavy atom. The summed E-state index contributed by atoms with van der Waals surface area (Å²) in [6, 6.07) is 11.1. The van der Waals surface area contributed by atoms with Crippen LogP contribution in [0, 0.1) is 5.82 Å². The van der Waals surface area contributed by atoms with Crippen LogP contribution in [0.2, 0.25) is 5.02 Å². The summed E-state index contributed by atoms with van der Waals surface area (Å²) in [6.07, 6.45) is 0. The molecule has 0 unspecified atom stereocenters. The van der Waals surface area contributed by atoms with E-state index in [-0.39, 0.29) is 17.9 Å². The Balaban J connectivity index is 2.10. The van der Waals surface area contributed by atoms with E-state index in [1.807, 2.05) is 12.1 Å². The molecule has 0 saturated heterocycles. The first-order chi connectivity index (χ1) is 12.5. The maximum Gasteiger partial charge on any atom is 0.345 e. The smallest absolute Gasteiger partial charge is 0.345 e. The van der Waals surface area contributed by atoms with E-state index in [1.54, 1.807) is 19.1 Å². The van der Waals surface area contributed by atoms with E-state index < -0.39 is 17.3 Å². The molecule has 0 atom stereocenters. The van der Waals surface area contributed by atoms with Gasteiger partial charge in [0, 0.05) is 17.0 Å². The maximum atomic E-state index is 13.8. The molecule has 0 aliphatic rings. The zero-order valence-corrected chi connectivity index (χ0v) is 14.7. The fraction of sp³-hybridized carbons (Fsp3) is 0.158. The zero-order chi connectivity index (χ0) is 18.7. The van der Waals surface area contributed by atoms with Crippen molar-refractivity contribution in [1.29, 1.82) is 0 Å². The van der Waals surface area contributed by atoms with Crippen molar-refractivity contribution in [3.63, 3.8) is 0 Å². The Labute approximate surface area is 153 Å². The number of esters is 1. The molecule has 26 heavy (non-hydrogen) atoms. The lowest BCUT2D eigenvalue weighted by Gasteiger charge is -2.14. The van der Waals surface area contributed by atoms with Gasteiger partial charge >= 0.3 is 5.97 Å². The number of carbonyl (C=O) groups excluding carboxylic acids is 1. The van der Waals surface area contributed by atoms with E-state index in [0.29, 0.717) is 22.5 Å². The van der Waals surface area contributed by atoms with Gasteiger partial charge in [0.1, 0.15) is 11.4 Å². The Kier molecular flexibility index (Phi) is 5.23. The van der Waals surface area contributed by atoms with Gasteiger partial charge in [-0.2, -0.15) is 0 Å². The number of aromatic nitrogens is 1. The van der Waals surface area contributed by atoms with Crippen molar-refractivity contribution in [2.24, 2.45) is 0 Å². The number of aromatic amines is 1. The topological polar surface area (TPSA) is 71.2 Å². The van der Waals surface area contributed by atoms with Crippen LogP contribution in [0.25, 0.3) is 10.9 Å². The number of hydrogen-bond acceptors (Lipinski definition) is 4. The molecule has 1 aromatic heterocycles. The van der Waals surface area contributed by atoms with Crippen LogP contribution in [0.3, 0.4) is 0 Å². The summed E-state index contributed by atoms with van der Waals surface area (Å²) in [7, 11) is 0. The van der Waals surface area contributed by atoms with Crippen LogP contribution in [0.4, 0.5) is 10.1 Å². The predicted octanol–water partition coefficient (Wildman–Crippen LogP) is 4.11. The third-order valence-corrected chi connectivity index (χ3v) is 4.09. The molecular weight excluding hydrogens is 359 g/mol. The fourth-order valence-corrected chi connectivity index (χ4v) is 2.77. The first-order valence-electron chi connectivity index (χ1n) is 8.00. The molecule has 134 valence electrons. The Bertz CT molecular complexity index is 1020. The summed E-state index contributed by atoms with van der Waals surface area (Å²) < 4.78 is 18.7. The van der Waals surface area contributed by atoms with Crippen LogP contribution >= 0.6 is 11.6 Å². The highest BCUT2D eigenvalue weighted by molar-refractivity contribution is 6.30. The average Bonchev–Trinajstić information content (AvgIpc) is 2.61. The number of pyridine rings is 1. The third kappa shape index (κ3) is 3.70. The number of anilines is 1. The summed E-state index contributed by atoms with van der Waals surface area (Å²) in [4.78, 5) is 27.3. The van der Waals surface area contributed by atoms with Gasteiger partial charge < -0.3 is 15.0 Å². The van der Waals surface area contributed by atoms with Gasteiger partial charge in [-0.25, -0.2) is 9.18 Å². The lowest BCUT2D eigenvalue weighted by molar-refractivity contribution is 0.0525. The molecule has 0 radical (unpaired) electrons. The monoisotopic (exact) mass is 374 g/mol. The van der Waals surface area contributed by atoms with Crippen LogP contribution in [-0.4, -0.2) is 17.6 Å². The van der Waals surface area contributed by atoms with E-state index in [1.165, 1.54) is 18.2 Å². The quantitative estimate of drug-likeness (QED) is 0.659. The van der Waals surface area contributed by atoms with Gasteiger partial charge in [0.15, 0.2) is 0 Å². The SMILES string of the molecule is CCOC(=O)c1c(NCc2ccc(Cl)cc2)c2cc(F)ccc2[nH]c1=O. The van der Waals surface area contributed by atoms with Crippen molar-refractivity contribution in [1.82, 2.24) is 4.98 Å². The van der Waals surface area contributed by atoms with Crippen LogP contribution in [-0.2, 0) is 11.3 Å². The predicted molar refractivity (Wildman–Crippen MR) is 99.3 cm³/mol. The normalized spacial score (nSPS) is 10.7.